The maximum absolute atomic E-state index is 11.7. The van der Waals surface area contributed by atoms with E-state index in [0.717, 1.165) is 0 Å². The van der Waals surface area contributed by atoms with Crippen molar-refractivity contribution in [3.05, 3.63) is 35.9 Å². The van der Waals surface area contributed by atoms with Crippen LogP contribution in [-0.2, 0) is 9.47 Å². The van der Waals surface area contributed by atoms with E-state index in [4.69, 9.17) is 15.9 Å². The second kappa shape index (κ2) is 5.61. The van der Waals surface area contributed by atoms with Gasteiger partial charge in [-0.05, 0) is 12.1 Å². The summed E-state index contributed by atoms with van der Waals surface area (Å²) in [7, 11) is 0. The molecule has 1 aromatic carbocycles. The lowest BCUT2D eigenvalue weighted by molar-refractivity contribution is -0.133. The third kappa shape index (κ3) is 2.53. The van der Waals surface area contributed by atoms with Crippen LogP contribution >= 0.6 is 0 Å². The molecule has 0 saturated carbocycles. The van der Waals surface area contributed by atoms with Gasteiger partial charge < -0.3 is 24.8 Å². The van der Waals surface area contributed by atoms with Crippen LogP contribution in [0.2, 0.25) is 0 Å². The van der Waals surface area contributed by atoms with Crippen LogP contribution in [0, 0.1) is 12.3 Å². The number of benzene rings is 1. The van der Waals surface area contributed by atoms with Crippen LogP contribution < -0.4 is 0 Å². The fraction of sp³-hybridized carbons (Fsp3) is 0.357. The second-order valence-corrected chi connectivity index (χ2v) is 4.39. The molecule has 1 fully saturated rings. The zero-order valence-corrected chi connectivity index (χ0v) is 10.5. The van der Waals surface area contributed by atoms with E-state index < -0.39 is 30.1 Å². The number of carbonyl (C=O) groups is 1. The fourth-order valence-electron chi connectivity index (χ4n) is 1.91. The molecule has 6 heteroatoms. The Bertz CT molecular complexity index is 522. The Morgan fingerprint density at radius 3 is 2.65 bits per heavy atom. The predicted molar refractivity (Wildman–Crippen MR) is 67.4 cm³/mol. The summed E-state index contributed by atoms with van der Waals surface area (Å²) < 4.78 is 9.87. The summed E-state index contributed by atoms with van der Waals surface area (Å²) in [5.74, 6) is 1.34. The third-order valence-electron chi connectivity index (χ3n) is 3.12. The maximum atomic E-state index is 11.7. The van der Waals surface area contributed by atoms with Crippen molar-refractivity contribution in [2.75, 3.05) is 6.61 Å². The first-order chi connectivity index (χ1) is 9.49. The molecule has 1 aliphatic rings. The van der Waals surface area contributed by atoms with E-state index in [1.165, 1.54) is 0 Å². The number of aliphatic hydroxyl groups is 3. The highest BCUT2D eigenvalue weighted by molar-refractivity contribution is 5.89. The molecular weight excluding hydrogens is 264 g/mol. The monoisotopic (exact) mass is 278 g/mol. The van der Waals surface area contributed by atoms with E-state index in [-0.39, 0.29) is 6.61 Å². The summed E-state index contributed by atoms with van der Waals surface area (Å²) in [6.07, 6.45) is 0.646. The number of esters is 1. The van der Waals surface area contributed by atoms with Gasteiger partial charge in [0.15, 0.2) is 11.9 Å². The molecule has 0 bridgehead atoms. The largest absolute Gasteiger partial charge is 0.459 e. The highest BCUT2D eigenvalue weighted by Crippen LogP contribution is 2.30. The van der Waals surface area contributed by atoms with Crippen molar-refractivity contribution in [1.29, 1.82) is 0 Å². The summed E-state index contributed by atoms with van der Waals surface area (Å²) in [6.45, 7) is -0.386. The fourth-order valence-corrected chi connectivity index (χ4v) is 1.91. The average Bonchev–Trinajstić information content (AvgIpc) is 2.70. The topological polar surface area (TPSA) is 96.2 Å². The summed E-state index contributed by atoms with van der Waals surface area (Å²) in [6, 6.07) is 8.23. The third-order valence-corrected chi connectivity index (χ3v) is 3.12. The van der Waals surface area contributed by atoms with Gasteiger partial charge in [-0.1, -0.05) is 24.1 Å². The number of carbonyl (C=O) groups excluding carboxylic acids is 1. The van der Waals surface area contributed by atoms with Crippen molar-refractivity contribution in [2.24, 2.45) is 0 Å². The molecule has 20 heavy (non-hydrogen) atoms. The number of rotatable bonds is 3. The van der Waals surface area contributed by atoms with Crippen molar-refractivity contribution in [2.45, 2.75) is 24.1 Å². The number of aliphatic hydroxyl groups excluding tert-OH is 2. The van der Waals surface area contributed by atoms with Gasteiger partial charge in [0.2, 0.25) is 0 Å². The molecule has 1 heterocycles. The summed E-state index contributed by atoms with van der Waals surface area (Å²) in [4.78, 5) is 11.7. The standard InChI is InChI=1S/C14H14O6/c1-2-14(18)10(20-13(17)11(14)15)8-19-12(16)9-6-4-3-5-7-9/h1,3-7,10-11,13,15,17-18H,8H2/t10-,11+,13?,14?/m1/s1. The molecule has 106 valence electrons. The molecule has 6 nitrogen and oxygen atoms in total. The Balaban J connectivity index is 2.01. The molecule has 1 saturated heterocycles. The molecule has 0 spiro atoms. The van der Waals surface area contributed by atoms with Crippen molar-refractivity contribution in [1.82, 2.24) is 0 Å². The van der Waals surface area contributed by atoms with Crippen molar-refractivity contribution < 1.29 is 29.6 Å². The minimum absolute atomic E-state index is 0.329. The second-order valence-electron chi connectivity index (χ2n) is 4.39. The molecule has 1 aromatic rings. The van der Waals surface area contributed by atoms with Gasteiger partial charge in [0, 0.05) is 0 Å². The SMILES string of the molecule is C#CC1(O)[C@@H](COC(=O)c2ccccc2)OC(O)[C@@H]1O. The Labute approximate surface area is 115 Å². The lowest BCUT2D eigenvalue weighted by Crippen LogP contribution is -2.48. The average molecular weight is 278 g/mol. The van der Waals surface area contributed by atoms with Crippen LogP contribution in [0.1, 0.15) is 10.4 Å². The predicted octanol–water partition coefficient (Wildman–Crippen LogP) is -0.714. The Morgan fingerprint density at radius 1 is 1.40 bits per heavy atom. The van der Waals surface area contributed by atoms with E-state index >= 15 is 0 Å². The van der Waals surface area contributed by atoms with E-state index in [9.17, 15) is 20.1 Å². The molecular formula is C14H14O6. The van der Waals surface area contributed by atoms with Gasteiger partial charge in [0.1, 0.15) is 18.8 Å². The minimum Gasteiger partial charge on any atom is -0.459 e. The molecule has 1 aliphatic heterocycles. The summed E-state index contributed by atoms with van der Waals surface area (Å²) in [5, 5.41) is 28.9. The smallest absolute Gasteiger partial charge is 0.338 e. The van der Waals surface area contributed by atoms with Gasteiger partial charge in [-0.2, -0.15) is 0 Å². The zero-order chi connectivity index (χ0) is 14.8. The van der Waals surface area contributed by atoms with E-state index in [1.807, 2.05) is 5.92 Å². The quantitative estimate of drug-likeness (QED) is 0.499. The summed E-state index contributed by atoms with van der Waals surface area (Å²) >= 11 is 0. The van der Waals surface area contributed by atoms with Crippen LogP contribution in [0.5, 0.6) is 0 Å². The highest BCUT2D eigenvalue weighted by atomic mass is 16.7. The molecule has 0 aliphatic carbocycles. The number of hydrogen-bond donors (Lipinski definition) is 3. The zero-order valence-electron chi connectivity index (χ0n) is 10.5. The van der Waals surface area contributed by atoms with Crippen LogP contribution in [-0.4, -0.2) is 52.0 Å². The van der Waals surface area contributed by atoms with Crippen LogP contribution in [0.15, 0.2) is 30.3 Å². The van der Waals surface area contributed by atoms with Crippen molar-refractivity contribution >= 4 is 5.97 Å². The Morgan fingerprint density at radius 2 is 2.05 bits per heavy atom. The molecule has 2 rings (SSSR count). The van der Waals surface area contributed by atoms with Crippen LogP contribution in [0.3, 0.4) is 0 Å². The summed E-state index contributed by atoms with van der Waals surface area (Å²) in [5.41, 5.74) is -1.77. The first kappa shape index (κ1) is 14.5. The first-order valence-corrected chi connectivity index (χ1v) is 5.93. The lowest BCUT2D eigenvalue weighted by atomic mass is 9.94. The highest BCUT2D eigenvalue weighted by Gasteiger charge is 2.54. The Hall–Kier alpha value is -1.91. The molecule has 2 unspecified atom stereocenters. The normalized spacial score (nSPS) is 32.6. The molecule has 3 N–H and O–H groups in total. The maximum Gasteiger partial charge on any atom is 0.338 e. The van der Waals surface area contributed by atoms with Crippen LogP contribution in [0.25, 0.3) is 0 Å². The number of terminal acetylenes is 1. The van der Waals surface area contributed by atoms with Gasteiger partial charge in [-0.25, -0.2) is 4.79 Å². The van der Waals surface area contributed by atoms with Crippen molar-refractivity contribution in [3.63, 3.8) is 0 Å². The minimum atomic E-state index is -2.10. The molecule has 0 amide bonds. The van der Waals surface area contributed by atoms with Gasteiger partial charge >= 0.3 is 5.97 Å². The van der Waals surface area contributed by atoms with Crippen molar-refractivity contribution in [3.8, 4) is 12.3 Å². The first-order valence-electron chi connectivity index (χ1n) is 5.93. The molecule has 0 radical (unpaired) electrons. The number of ether oxygens (including phenoxy) is 2. The number of hydrogen-bond acceptors (Lipinski definition) is 6. The van der Waals surface area contributed by atoms with Gasteiger partial charge in [0.25, 0.3) is 0 Å². The lowest BCUT2D eigenvalue weighted by Gasteiger charge is -2.24. The van der Waals surface area contributed by atoms with Gasteiger partial charge in [-0.15, -0.1) is 6.42 Å². The molecule has 4 atom stereocenters. The van der Waals surface area contributed by atoms with Gasteiger partial charge in [0.05, 0.1) is 5.56 Å². The van der Waals surface area contributed by atoms with E-state index in [2.05, 4.69) is 0 Å². The van der Waals surface area contributed by atoms with Crippen LogP contribution in [0.4, 0.5) is 0 Å². The van der Waals surface area contributed by atoms with E-state index in [1.54, 1.807) is 30.3 Å². The van der Waals surface area contributed by atoms with E-state index in [0.29, 0.717) is 5.56 Å². The Kier molecular flexibility index (Phi) is 4.06. The van der Waals surface area contributed by atoms with Gasteiger partial charge in [-0.3, -0.25) is 0 Å². The molecule has 0 aromatic heterocycles.